The van der Waals surface area contributed by atoms with Crippen molar-refractivity contribution in [3.63, 3.8) is 0 Å². The molecule has 0 radical (unpaired) electrons. The molecule has 1 saturated heterocycles. The van der Waals surface area contributed by atoms with Crippen LogP contribution in [0.3, 0.4) is 0 Å². The zero-order chi connectivity index (χ0) is 21.4. The minimum atomic E-state index is -0.0659. The molecule has 2 atom stereocenters. The van der Waals surface area contributed by atoms with Crippen LogP contribution < -0.4 is 5.32 Å². The number of nitrogens with zero attached hydrogens (tertiary/aromatic N) is 3. The van der Waals surface area contributed by atoms with Gasteiger partial charge < -0.3 is 19.2 Å². The van der Waals surface area contributed by atoms with E-state index >= 15 is 0 Å². The van der Waals surface area contributed by atoms with Gasteiger partial charge in [-0.05, 0) is 85.7 Å². The summed E-state index contributed by atoms with van der Waals surface area (Å²) in [6.45, 7) is 4.87. The largest absolute Gasteiger partial charge is 0.467 e. The number of hydrogen-bond donors (Lipinski definition) is 1. The molecule has 0 saturated carbocycles. The van der Waals surface area contributed by atoms with Crippen molar-refractivity contribution in [3.8, 4) is 5.69 Å². The monoisotopic (exact) mass is 428 g/mol. The highest BCUT2D eigenvalue weighted by Crippen LogP contribution is 2.40. The zero-order valence-corrected chi connectivity index (χ0v) is 18.3. The number of benzene rings is 1. The predicted octanol–water partition coefficient (Wildman–Crippen LogP) is 5.25. The van der Waals surface area contributed by atoms with Crippen LogP contribution in [-0.2, 0) is 6.54 Å². The number of aryl methyl sites for hydroxylation is 2. The van der Waals surface area contributed by atoms with E-state index in [4.69, 9.17) is 16.6 Å². The Bertz CT molecular complexity index is 1200. The van der Waals surface area contributed by atoms with Crippen LogP contribution in [0, 0.1) is 13.8 Å². The van der Waals surface area contributed by atoms with Crippen molar-refractivity contribution in [1.82, 2.24) is 19.8 Å². The van der Waals surface area contributed by atoms with Crippen molar-refractivity contribution >= 4 is 17.3 Å². The quantitative estimate of drug-likeness (QED) is 0.440. The molecule has 6 heteroatoms. The molecule has 4 heterocycles. The molecule has 1 fully saturated rings. The van der Waals surface area contributed by atoms with Gasteiger partial charge in [-0.15, -0.1) is 0 Å². The van der Waals surface area contributed by atoms with Gasteiger partial charge in [0.15, 0.2) is 5.11 Å². The van der Waals surface area contributed by atoms with Crippen LogP contribution >= 0.6 is 12.2 Å². The highest BCUT2D eigenvalue weighted by atomic mass is 32.1. The minimum absolute atomic E-state index is 0.0379. The second-order valence-electron chi connectivity index (χ2n) is 7.91. The highest BCUT2D eigenvalue weighted by molar-refractivity contribution is 7.80. The first kappa shape index (κ1) is 19.6. The fourth-order valence-electron chi connectivity index (χ4n) is 4.21. The molecule has 1 aliphatic rings. The molecule has 0 unspecified atom stereocenters. The van der Waals surface area contributed by atoms with Crippen molar-refractivity contribution in [2.75, 3.05) is 0 Å². The lowest BCUT2D eigenvalue weighted by molar-refractivity contribution is 0.280. The normalized spacial score (nSPS) is 18.4. The Hall–Kier alpha value is -3.38. The third kappa shape index (κ3) is 3.64. The maximum absolute atomic E-state index is 5.78. The maximum Gasteiger partial charge on any atom is 0.170 e. The number of hydrogen-bond acceptors (Lipinski definition) is 3. The summed E-state index contributed by atoms with van der Waals surface area (Å²) in [5.41, 5.74) is 5.80. The molecule has 0 aliphatic carbocycles. The van der Waals surface area contributed by atoms with E-state index in [1.165, 1.54) is 11.1 Å². The van der Waals surface area contributed by atoms with Crippen LogP contribution in [0.25, 0.3) is 5.69 Å². The molecule has 156 valence electrons. The average Bonchev–Trinajstić information content (AvgIpc) is 3.52. The second-order valence-corrected chi connectivity index (χ2v) is 8.29. The molecule has 0 spiro atoms. The van der Waals surface area contributed by atoms with Crippen molar-refractivity contribution in [2.45, 2.75) is 32.5 Å². The molecule has 0 amide bonds. The lowest BCUT2D eigenvalue weighted by atomic mass is 10.0. The van der Waals surface area contributed by atoms with Crippen LogP contribution in [0.1, 0.15) is 40.4 Å². The second kappa shape index (κ2) is 8.04. The third-order valence-electron chi connectivity index (χ3n) is 5.96. The molecule has 4 aromatic rings. The molecule has 1 N–H and O–H groups in total. The third-order valence-corrected chi connectivity index (χ3v) is 6.31. The summed E-state index contributed by atoms with van der Waals surface area (Å²) in [6, 6.07) is 20.6. The lowest BCUT2D eigenvalue weighted by Crippen LogP contribution is -2.29. The molecule has 0 bridgehead atoms. The van der Waals surface area contributed by atoms with Crippen LogP contribution in [0.5, 0.6) is 0 Å². The first-order chi connectivity index (χ1) is 15.1. The molecule has 5 nitrogen and oxygen atoms in total. The van der Waals surface area contributed by atoms with Gasteiger partial charge in [-0.3, -0.25) is 4.98 Å². The average molecular weight is 429 g/mol. The van der Waals surface area contributed by atoms with Crippen molar-refractivity contribution in [2.24, 2.45) is 0 Å². The molecule has 1 aliphatic heterocycles. The van der Waals surface area contributed by atoms with Crippen LogP contribution in [0.2, 0.25) is 0 Å². The molecule has 5 rings (SSSR count). The summed E-state index contributed by atoms with van der Waals surface area (Å²) < 4.78 is 7.89. The maximum atomic E-state index is 5.78. The smallest absolute Gasteiger partial charge is 0.170 e. The van der Waals surface area contributed by atoms with Gasteiger partial charge in [-0.2, -0.15) is 0 Å². The molecular weight excluding hydrogens is 404 g/mol. The van der Waals surface area contributed by atoms with Gasteiger partial charge in [-0.1, -0.05) is 12.1 Å². The molecule has 31 heavy (non-hydrogen) atoms. The van der Waals surface area contributed by atoms with Gasteiger partial charge >= 0.3 is 0 Å². The Balaban J connectivity index is 1.61. The van der Waals surface area contributed by atoms with Crippen molar-refractivity contribution in [1.29, 1.82) is 0 Å². The lowest BCUT2D eigenvalue weighted by Gasteiger charge is -2.28. The highest BCUT2D eigenvalue weighted by Gasteiger charge is 2.41. The van der Waals surface area contributed by atoms with Gasteiger partial charge in [0, 0.05) is 23.8 Å². The number of aromatic nitrogens is 2. The summed E-state index contributed by atoms with van der Waals surface area (Å²) in [5.74, 6) is 0.875. The summed E-state index contributed by atoms with van der Waals surface area (Å²) in [7, 11) is 0. The molecule has 3 aromatic heterocycles. The van der Waals surface area contributed by atoms with Gasteiger partial charge in [0.25, 0.3) is 0 Å². The standard InChI is InChI=1S/C25H24N4OS/c1-17-10-11-19(15-18(17)2)28-13-5-9-22(28)24-23(21-8-3-4-12-26-21)27-25(31)29(24)16-20-7-6-14-30-20/h3-15,23-24H,16H2,1-2H3,(H,27,31)/t23-,24+/m1/s1. The van der Waals surface area contributed by atoms with E-state index in [1.54, 1.807) is 6.26 Å². The summed E-state index contributed by atoms with van der Waals surface area (Å²) in [5, 5.41) is 4.21. The Labute approximate surface area is 187 Å². The number of pyridine rings is 1. The first-order valence-electron chi connectivity index (χ1n) is 10.4. The summed E-state index contributed by atoms with van der Waals surface area (Å²) in [6.07, 6.45) is 5.64. The minimum Gasteiger partial charge on any atom is -0.467 e. The van der Waals surface area contributed by atoms with Gasteiger partial charge in [-0.25, -0.2) is 0 Å². The van der Waals surface area contributed by atoms with E-state index < -0.39 is 0 Å². The zero-order valence-electron chi connectivity index (χ0n) is 17.5. The van der Waals surface area contributed by atoms with Gasteiger partial charge in [0.2, 0.25) is 0 Å². The number of rotatable bonds is 5. The van der Waals surface area contributed by atoms with Gasteiger partial charge in [0.1, 0.15) is 5.76 Å². The summed E-state index contributed by atoms with van der Waals surface area (Å²) in [4.78, 5) is 6.83. The topological polar surface area (TPSA) is 46.2 Å². The SMILES string of the molecule is Cc1ccc(-n2cccc2[C@H]2[C@@H](c3ccccn3)NC(=S)N2Cc2ccco2)cc1C. The Morgan fingerprint density at radius 3 is 2.68 bits per heavy atom. The van der Waals surface area contributed by atoms with E-state index in [2.05, 4.69) is 70.1 Å². The Morgan fingerprint density at radius 2 is 1.94 bits per heavy atom. The van der Waals surface area contributed by atoms with E-state index in [9.17, 15) is 0 Å². The summed E-state index contributed by atoms with van der Waals surface area (Å²) >= 11 is 5.78. The fraction of sp³-hybridized carbons (Fsp3) is 0.200. The van der Waals surface area contributed by atoms with Crippen LogP contribution in [0.15, 0.2) is 83.7 Å². The Morgan fingerprint density at radius 1 is 1.03 bits per heavy atom. The predicted molar refractivity (Wildman–Crippen MR) is 125 cm³/mol. The fourth-order valence-corrected chi connectivity index (χ4v) is 4.52. The molecular formula is C25H24N4OS. The van der Waals surface area contributed by atoms with Crippen molar-refractivity contribution < 1.29 is 4.42 Å². The van der Waals surface area contributed by atoms with Crippen LogP contribution in [0.4, 0.5) is 0 Å². The van der Waals surface area contributed by atoms with E-state index in [-0.39, 0.29) is 12.1 Å². The van der Waals surface area contributed by atoms with Crippen LogP contribution in [-0.4, -0.2) is 19.6 Å². The number of thiocarbonyl (C=S) groups is 1. The molecule has 1 aromatic carbocycles. The Kier molecular flexibility index (Phi) is 5.08. The van der Waals surface area contributed by atoms with Gasteiger partial charge in [0.05, 0.1) is 30.6 Å². The number of furan rings is 1. The van der Waals surface area contributed by atoms with E-state index in [0.717, 1.165) is 22.8 Å². The van der Waals surface area contributed by atoms with Crippen molar-refractivity contribution in [3.05, 3.63) is 108 Å². The first-order valence-corrected chi connectivity index (χ1v) is 10.8. The van der Waals surface area contributed by atoms with E-state index in [1.807, 2.05) is 36.5 Å². The van der Waals surface area contributed by atoms with E-state index in [0.29, 0.717) is 11.7 Å². The number of nitrogens with one attached hydrogen (secondary N) is 1.